The third-order valence-corrected chi connectivity index (χ3v) is 4.17. The Morgan fingerprint density at radius 2 is 2.00 bits per heavy atom. The Morgan fingerprint density at radius 3 is 2.61 bits per heavy atom. The third-order valence-electron chi connectivity index (χ3n) is 4.17. The summed E-state index contributed by atoms with van der Waals surface area (Å²) in [5.74, 6) is 1.56. The molecule has 2 aromatic rings. The van der Waals surface area contributed by atoms with Crippen LogP contribution in [0.2, 0.25) is 0 Å². The number of fused-ring (bicyclic) bond motifs is 1. The molecule has 1 N–H and O–H groups in total. The zero-order valence-corrected chi connectivity index (χ0v) is 13.7. The van der Waals surface area contributed by atoms with E-state index < -0.39 is 11.6 Å². The average molecular weight is 314 g/mol. The molecule has 1 aliphatic rings. The zero-order chi connectivity index (χ0) is 16.6. The summed E-state index contributed by atoms with van der Waals surface area (Å²) in [5.41, 5.74) is 0.554. The molecule has 23 heavy (non-hydrogen) atoms. The van der Waals surface area contributed by atoms with Crippen molar-refractivity contribution >= 4 is 6.09 Å². The van der Waals surface area contributed by atoms with Crippen LogP contribution >= 0.6 is 0 Å². The number of amides is 1. The van der Waals surface area contributed by atoms with Gasteiger partial charge in [-0.1, -0.05) is 30.3 Å². The van der Waals surface area contributed by atoms with Crippen LogP contribution in [-0.2, 0) is 13.0 Å². The summed E-state index contributed by atoms with van der Waals surface area (Å²) < 4.78 is 1.90. The van der Waals surface area contributed by atoms with Gasteiger partial charge in [0.15, 0.2) is 5.82 Å². The lowest BCUT2D eigenvalue weighted by atomic mass is 9.98. The molecule has 6 nitrogen and oxygen atoms in total. The molecule has 0 radical (unpaired) electrons. The van der Waals surface area contributed by atoms with Crippen molar-refractivity contribution in [1.82, 2.24) is 19.7 Å². The van der Waals surface area contributed by atoms with Gasteiger partial charge in [0.25, 0.3) is 0 Å². The minimum absolute atomic E-state index is 0.0622. The summed E-state index contributed by atoms with van der Waals surface area (Å²) in [6, 6.07) is 9.79. The molecular weight excluding hydrogens is 292 g/mol. The van der Waals surface area contributed by atoms with Crippen LogP contribution in [0, 0.1) is 0 Å². The van der Waals surface area contributed by atoms with Gasteiger partial charge in [-0.05, 0) is 27.2 Å². The molecule has 0 saturated carbocycles. The highest BCUT2D eigenvalue weighted by Crippen LogP contribution is 2.26. The van der Waals surface area contributed by atoms with E-state index in [1.807, 2.05) is 55.8 Å². The molecule has 122 valence electrons. The summed E-state index contributed by atoms with van der Waals surface area (Å²) in [4.78, 5) is 17.8. The van der Waals surface area contributed by atoms with E-state index in [0.29, 0.717) is 18.8 Å². The normalized spacial score (nSPS) is 17.6. The van der Waals surface area contributed by atoms with Crippen molar-refractivity contribution in [3.05, 3.63) is 36.2 Å². The van der Waals surface area contributed by atoms with Crippen molar-refractivity contribution in [1.29, 1.82) is 0 Å². The maximum absolute atomic E-state index is 11.7. The second-order valence-electron chi connectivity index (χ2n) is 6.91. The lowest BCUT2D eigenvalue weighted by Gasteiger charge is -2.41. The number of rotatable bonds is 2. The SMILES string of the molecule is CC(C)(C)N(C(=O)O)C1CCn2nc(-c3ccccc3)nc2C1. The molecule has 0 aliphatic carbocycles. The molecule has 2 heterocycles. The monoisotopic (exact) mass is 314 g/mol. The number of hydrogen-bond acceptors (Lipinski definition) is 3. The van der Waals surface area contributed by atoms with Gasteiger partial charge in [-0.3, -0.25) is 0 Å². The van der Waals surface area contributed by atoms with E-state index in [9.17, 15) is 9.90 Å². The van der Waals surface area contributed by atoms with Crippen LogP contribution in [-0.4, -0.2) is 42.4 Å². The van der Waals surface area contributed by atoms with Gasteiger partial charge in [-0.25, -0.2) is 14.5 Å². The first-order valence-corrected chi connectivity index (χ1v) is 7.87. The van der Waals surface area contributed by atoms with Crippen LogP contribution in [0.25, 0.3) is 11.4 Å². The maximum atomic E-state index is 11.7. The molecule has 0 spiro atoms. The zero-order valence-electron chi connectivity index (χ0n) is 13.7. The smallest absolute Gasteiger partial charge is 0.407 e. The fourth-order valence-corrected chi connectivity index (χ4v) is 3.21. The Balaban J connectivity index is 1.86. The second-order valence-corrected chi connectivity index (χ2v) is 6.91. The van der Waals surface area contributed by atoms with Crippen molar-refractivity contribution in [3.8, 4) is 11.4 Å². The number of hydrogen-bond donors (Lipinski definition) is 1. The Bertz CT molecular complexity index is 703. The van der Waals surface area contributed by atoms with Gasteiger partial charge in [0.05, 0.1) is 0 Å². The highest BCUT2D eigenvalue weighted by molar-refractivity contribution is 5.66. The topological polar surface area (TPSA) is 71.2 Å². The third kappa shape index (κ3) is 3.06. The van der Waals surface area contributed by atoms with E-state index in [1.165, 1.54) is 0 Å². The van der Waals surface area contributed by atoms with Gasteiger partial charge in [-0.2, -0.15) is 5.10 Å². The lowest BCUT2D eigenvalue weighted by molar-refractivity contribution is 0.0599. The fraction of sp³-hybridized carbons (Fsp3) is 0.471. The first kappa shape index (κ1) is 15.5. The van der Waals surface area contributed by atoms with Crippen molar-refractivity contribution in [3.63, 3.8) is 0 Å². The van der Waals surface area contributed by atoms with Gasteiger partial charge < -0.3 is 10.0 Å². The standard InChI is InChI=1S/C17H22N4O2/c1-17(2,3)21(16(22)23)13-9-10-20-14(11-13)18-15(19-20)12-7-5-4-6-8-12/h4-8,13H,9-11H2,1-3H3,(H,22,23). The molecular formula is C17H22N4O2. The highest BCUT2D eigenvalue weighted by Gasteiger charge is 2.36. The van der Waals surface area contributed by atoms with Crippen LogP contribution < -0.4 is 0 Å². The summed E-state index contributed by atoms with van der Waals surface area (Å²) in [6.45, 7) is 6.47. The predicted molar refractivity (Wildman–Crippen MR) is 87.2 cm³/mol. The van der Waals surface area contributed by atoms with Crippen LogP contribution in [0.1, 0.15) is 33.0 Å². The average Bonchev–Trinajstić information content (AvgIpc) is 2.89. The molecule has 6 heteroatoms. The molecule has 1 aromatic heterocycles. The van der Waals surface area contributed by atoms with E-state index in [0.717, 1.165) is 17.8 Å². The van der Waals surface area contributed by atoms with Crippen molar-refractivity contribution < 1.29 is 9.90 Å². The number of carboxylic acid groups (broad SMARTS) is 1. The molecule has 3 rings (SSSR count). The van der Waals surface area contributed by atoms with E-state index in [4.69, 9.17) is 0 Å². The number of benzene rings is 1. The number of carbonyl (C=O) groups is 1. The minimum Gasteiger partial charge on any atom is -0.465 e. The molecule has 0 saturated heterocycles. The molecule has 0 fully saturated rings. The van der Waals surface area contributed by atoms with Gasteiger partial charge in [0, 0.05) is 30.1 Å². The van der Waals surface area contributed by atoms with E-state index in [-0.39, 0.29) is 6.04 Å². The molecule has 1 atom stereocenters. The Hall–Kier alpha value is -2.37. The quantitative estimate of drug-likeness (QED) is 0.925. The van der Waals surface area contributed by atoms with E-state index in [2.05, 4.69) is 10.1 Å². The van der Waals surface area contributed by atoms with Gasteiger partial charge in [0.1, 0.15) is 5.82 Å². The first-order chi connectivity index (χ1) is 10.9. The van der Waals surface area contributed by atoms with Crippen molar-refractivity contribution in [2.45, 2.75) is 51.7 Å². The first-order valence-electron chi connectivity index (χ1n) is 7.87. The van der Waals surface area contributed by atoms with Crippen LogP contribution in [0.3, 0.4) is 0 Å². The van der Waals surface area contributed by atoms with E-state index >= 15 is 0 Å². The summed E-state index contributed by atoms with van der Waals surface area (Å²) in [5, 5.41) is 14.1. The van der Waals surface area contributed by atoms with Crippen LogP contribution in [0.15, 0.2) is 30.3 Å². The number of nitrogens with zero attached hydrogens (tertiary/aromatic N) is 4. The minimum atomic E-state index is -0.876. The molecule has 1 aliphatic heterocycles. The van der Waals surface area contributed by atoms with E-state index in [1.54, 1.807) is 4.90 Å². The predicted octanol–water partition coefficient (Wildman–Crippen LogP) is 3.04. The molecule has 0 bridgehead atoms. The lowest BCUT2D eigenvalue weighted by Crippen LogP contribution is -2.53. The Kier molecular flexibility index (Phi) is 3.83. The highest BCUT2D eigenvalue weighted by atomic mass is 16.4. The van der Waals surface area contributed by atoms with Crippen LogP contribution in [0.5, 0.6) is 0 Å². The fourth-order valence-electron chi connectivity index (χ4n) is 3.21. The maximum Gasteiger partial charge on any atom is 0.407 e. The summed E-state index contributed by atoms with van der Waals surface area (Å²) in [6.07, 6.45) is 0.483. The Morgan fingerprint density at radius 1 is 1.30 bits per heavy atom. The molecule has 1 unspecified atom stereocenters. The van der Waals surface area contributed by atoms with Gasteiger partial charge in [0.2, 0.25) is 0 Å². The Labute approximate surface area is 135 Å². The summed E-state index contributed by atoms with van der Waals surface area (Å²) >= 11 is 0. The van der Waals surface area contributed by atoms with Crippen LogP contribution in [0.4, 0.5) is 4.79 Å². The second kappa shape index (κ2) is 5.68. The van der Waals surface area contributed by atoms with Gasteiger partial charge >= 0.3 is 6.09 Å². The number of aromatic nitrogens is 3. The number of aryl methyl sites for hydroxylation is 1. The van der Waals surface area contributed by atoms with Crippen molar-refractivity contribution in [2.75, 3.05) is 0 Å². The molecule has 1 aromatic carbocycles. The molecule has 1 amide bonds. The summed E-state index contributed by atoms with van der Waals surface area (Å²) in [7, 11) is 0. The largest absolute Gasteiger partial charge is 0.465 e. The van der Waals surface area contributed by atoms with Crippen molar-refractivity contribution in [2.24, 2.45) is 0 Å². The van der Waals surface area contributed by atoms with Gasteiger partial charge in [-0.15, -0.1) is 0 Å².